The van der Waals surface area contributed by atoms with Crippen molar-refractivity contribution in [3.63, 3.8) is 0 Å². The van der Waals surface area contributed by atoms with E-state index in [1.54, 1.807) is 10.9 Å². The van der Waals surface area contributed by atoms with Crippen LogP contribution in [0.3, 0.4) is 0 Å². The molecule has 1 aromatic rings. The zero-order valence-electron chi connectivity index (χ0n) is 8.40. The number of aryl methyl sites for hydroxylation is 1. The molecule has 14 heavy (non-hydrogen) atoms. The van der Waals surface area contributed by atoms with Crippen LogP contribution in [0.2, 0.25) is 0 Å². The van der Waals surface area contributed by atoms with Crippen molar-refractivity contribution in [2.75, 3.05) is 6.54 Å². The molecule has 0 aliphatic carbocycles. The quantitative estimate of drug-likeness (QED) is 0.735. The van der Waals surface area contributed by atoms with Gasteiger partial charge >= 0.3 is 5.97 Å². The highest BCUT2D eigenvalue weighted by Gasteiger charge is 2.20. The lowest BCUT2D eigenvalue weighted by atomic mass is 10.2. The zero-order valence-corrected chi connectivity index (χ0v) is 8.40. The Labute approximate surface area is 82.6 Å². The van der Waals surface area contributed by atoms with Crippen LogP contribution in [0.5, 0.6) is 0 Å². The third-order valence-corrected chi connectivity index (χ3v) is 2.35. The van der Waals surface area contributed by atoms with Gasteiger partial charge in [-0.3, -0.25) is 0 Å². The van der Waals surface area contributed by atoms with Gasteiger partial charge < -0.3 is 15.4 Å². The first-order valence-corrected chi connectivity index (χ1v) is 4.50. The molecule has 0 aliphatic rings. The Kier molecular flexibility index (Phi) is 3.24. The molecule has 0 radical (unpaired) electrons. The molecule has 0 bridgehead atoms. The zero-order chi connectivity index (χ0) is 10.7. The van der Waals surface area contributed by atoms with Crippen molar-refractivity contribution in [2.45, 2.75) is 26.3 Å². The predicted molar refractivity (Wildman–Crippen MR) is 52.0 cm³/mol. The summed E-state index contributed by atoms with van der Waals surface area (Å²) >= 11 is 0. The molecule has 0 amide bonds. The largest absolute Gasteiger partial charge is 0.480 e. The molecule has 0 aromatic carbocycles. The van der Waals surface area contributed by atoms with Crippen molar-refractivity contribution in [1.82, 2.24) is 9.55 Å². The number of rotatable bonds is 4. The van der Waals surface area contributed by atoms with Gasteiger partial charge in [0.2, 0.25) is 0 Å². The van der Waals surface area contributed by atoms with Crippen LogP contribution in [-0.4, -0.2) is 27.2 Å². The molecular weight excluding hydrogens is 182 g/mol. The van der Waals surface area contributed by atoms with Gasteiger partial charge in [0.1, 0.15) is 6.04 Å². The molecule has 0 spiro atoms. The first-order valence-electron chi connectivity index (χ1n) is 4.50. The van der Waals surface area contributed by atoms with Crippen LogP contribution in [0, 0.1) is 13.8 Å². The summed E-state index contributed by atoms with van der Waals surface area (Å²) in [6.07, 6.45) is 1.98. The molecule has 1 unspecified atom stereocenters. The maximum absolute atomic E-state index is 10.9. The Morgan fingerprint density at radius 1 is 1.71 bits per heavy atom. The summed E-state index contributed by atoms with van der Waals surface area (Å²) in [5.74, 6) is -0.865. The highest BCUT2D eigenvalue weighted by molar-refractivity contribution is 5.72. The summed E-state index contributed by atoms with van der Waals surface area (Å²) in [6, 6.07) is -0.596. The maximum Gasteiger partial charge on any atom is 0.326 e. The maximum atomic E-state index is 10.9. The number of aromatic nitrogens is 2. The lowest BCUT2D eigenvalue weighted by Gasteiger charge is -2.14. The molecule has 5 heteroatoms. The minimum Gasteiger partial charge on any atom is -0.480 e. The topological polar surface area (TPSA) is 81.1 Å². The summed E-state index contributed by atoms with van der Waals surface area (Å²) in [7, 11) is 0. The molecule has 5 nitrogen and oxygen atoms in total. The normalized spacial score (nSPS) is 12.8. The van der Waals surface area contributed by atoms with Crippen LogP contribution < -0.4 is 5.73 Å². The first kappa shape index (κ1) is 10.7. The molecule has 1 heterocycles. The van der Waals surface area contributed by atoms with Gasteiger partial charge in [0.15, 0.2) is 0 Å². The van der Waals surface area contributed by atoms with Crippen molar-refractivity contribution >= 4 is 5.97 Å². The fourth-order valence-electron chi connectivity index (χ4n) is 1.37. The Morgan fingerprint density at radius 2 is 2.36 bits per heavy atom. The first-order chi connectivity index (χ1) is 6.57. The second kappa shape index (κ2) is 4.23. The third kappa shape index (κ3) is 1.93. The van der Waals surface area contributed by atoms with Crippen LogP contribution in [0.4, 0.5) is 0 Å². The van der Waals surface area contributed by atoms with E-state index in [2.05, 4.69) is 4.98 Å². The third-order valence-electron chi connectivity index (χ3n) is 2.35. The van der Waals surface area contributed by atoms with E-state index < -0.39 is 12.0 Å². The summed E-state index contributed by atoms with van der Waals surface area (Å²) in [6.45, 7) is 4.07. The van der Waals surface area contributed by atoms with E-state index in [0.29, 0.717) is 13.0 Å². The van der Waals surface area contributed by atoms with Gasteiger partial charge in [0, 0.05) is 5.69 Å². The molecular formula is C9H15N3O2. The Hall–Kier alpha value is -1.36. The number of nitrogens with two attached hydrogens (primary N) is 1. The van der Waals surface area contributed by atoms with E-state index in [9.17, 15) is 4.79 Å². The number of hydrogen-bond donors (Lipinski definition) is 2. The number of nitrogens with zero attached hydrogens (tertiary/aromatic N) is 2. The van der Waals surface area contributed by atoms with Crippen molar-refractivity contribution in [1.29, 1.82) is 0 Å². The summed E-state index contributed by atoms with van der Waals surface area (Å²) in [5, 5.41) is 8.99. The van der Waals surface area contributed by atoms with Crippen LogP contribution in [0.1, 0.15) is 23.9 Å². The molecule has 1 rings (SSSR count). The van der Waals surface area contributed by atoms with E-state index in [1.807, 2.05) is 13.8 Å². The van der Waals surface area contributed by atoms with E-state index in [4.69, 9.17) is 10.8 Å². The van der Waals surface area contributed by atoms with Gasteiger partial charge in [0.25, 0.3) is 0 Å². The fourth-order valence-corrected chi connectivity index (χ4v) is 1.37. The van der Waals surface area contributed by atoms with Crippen molar-refractivity contribution in [2.24, 2.45) is 5.73 Å². The highest BCUT2D eigenvalue weighted by Crippen LogP contribution is 2.15. The van der Waals surface area contributed by atoms with E-state index >= 15 is 0 Å². The SMILES string of the molecule is Cc1ncn(C(CCN)C(=O)O)c1C. The van der Waals surface area contributed by atoms with E-state index in [-0.39, 0.29) is 0 Å². The smallest absolute Gasteiger partial charge is 0.326 e. The second-order valence-corrected chi connectivity index (χ2v) is 3.25. The molecule has 1 aromatic heterocycles. The second-order valence-electron chi connectivity index (χ2n) is 3.25. The predicted octanol–water partition coefficient (Wildman–Crippen LogP) is 0.474. The number of carbonyl (C=O) groups is 1. The lowest BCUT2D eigenvalue weighted by Crippen LogP contribution is -2.22. The molecule has 3 N–H and O–H groups in total. The summed E-state index contributed by atoms with van der Waals surface area (Å²) in [5.41, 5.74) is 7.10. The standard InChI is InChI=1S/C9H15N3O2/c1-6-7(2)12(5-11-6)8(3-4-10)9(13)14/h5,8H,3-4,10H2,1-2H3,(H,13,14). The van der Waals surface area contributed by atoms with Crippen molar-refractivity contribution in [3.8, 4) is 0 Å². The summed E-state index contributed by atoms with van der Waals surface area (Å²) in [4.78, 5) is 15.0. The molecule has 0 saturated carbocycles. The minimum absolute atomic E-state index is 0.355. The number of hydrogen-bond acceptors (Lipinski definition) is 3. The number of carboxylic acid groups (broad SMARTS) is 1. The van der Waals surface area contributed by atoms with Crippen LogP contribution in [0.15, 0.2) is 6.33 Å². The monoisotopic (exact) mass is 197 g/mol. The number of carboxylic acids is 1. The fraction of sp³-hybridized carbons (Fsp3) is 0.556. The van der Waals surface area contributed by atoms with Gasteiger partial charge in [-0.1, -0.05) is 0 Å². The highest BCUT2D eigenvalue weighted by atomic mass is 16.4. The van der Waals surface area contributed by atoms with Gasteiger partial charge in [-0.2, -0.15) is 0 Å². The lowest BCUT2D eigenvalue weighted by molar-refractivity contribution is -0.141. The Morgan fingerprint density at radius 3 is 2.71 bits per heavy atom. The van der Waals surface area contributed by atoms with Crippen LogP contribution in [0.25, 0.3) is 0 Å². The molecule has 0 aliphatic heterocycles. The molecule has 0 saturated heterocycles. The molecule has 0 fully saturated rings. The van der Waals surface area contributed by atoms with Gasteiger partial charge in [0.05, 0.1) is 12.0 Å². The Bertz CT molecular complexity index is 333. The van der Waals surface area contributed by atoms with Crippen molar-refractivity contribution in [3.05, 3.63) is 17.7 Å². The van der Waals surface area contributed by atoms with E-state index in [1.165, 1.54) is 0 Å². The van der Waals surface area contributed by atoms with Crippen LogP contribution in [-0.2, 0) is 4.79 Å². The van der Waals surface area contributed by atoms with E-state index in [0.717, 1.165) is 11.4 Å². The number of imidazole rings is 1. The molecule has 78 valence electrons. The van der Waals surface area contributed by atoms with Crippen molar-refractivity contribution < 1.29 is 9.90 Å². The van der Waals surface area contributed by atoms with Crippen LogP contribution >= 0.6 is 0 Å². The van der Waals surface area contributed by atoms with Gasteiger partial charge in [-0.25, -0.2) is 9.78 Å². The summed E-state index contributed by atoms with van der Waals surface area (Å²) < 4.78 is 1.66. The minimum atomic E-state index is -0.865. The number of aliphatic carboxylic acids is 1. The van der Waals surface area contributed by atoms with Gasteiger partial charge in [-0.05, 0) is 26.8 Å². The Balaban J connectivity index is 2.99. The van der Waals surface area contributed by atoms with Gasteiger partial charge in [-0.15, -0.1) is 0 Å². The molecule has 1 atom stereocenters. The average molecular weight is 197 g/mol. The average Bonchev–Trinajstić information content (AvgIpc) is 2.44.